The highest BCUT2D eigenvalue weighted by Gasteiger charge is 2.19. The van der Waals surface area contributed by atoms with Crippen LogP contribution in [0.1, 0.15) is 21.5 Å². The first kappa shape index (κ1) is 17.4. The average Bonchev–Trinajstić information content (AvgIpc) is 2.64. The molecule has 2 aromatic rings. The predicted octanol–water partition coefficient (Wildman–Crippen LogP) is 2.88. The van der Waals surface area contributed by atoms with Crippen molar-refractivity contribution in [3.63, 3.8) is 0 Å². The predicted molar refractivity (Wildman–Crippen MR) is 96.1 cm³/mol. The Morgan fingerprint density at radius 2 is 1.84 bits per heavy atom. The van der Waals surface area contributed by atoms with Crippen LogP contribution < -0.4 is 5.32 Å². The molecule has 1 fully saturated rings. The minimum absolute atomic E-state index is 0.00784. The van der Waals surface area contributed by atoms with Crippen LogP contribution in [0.4, 0.5) is 5.69 Å². The second-order valence-electron chi connectivity index (χ2n) is 5.91. The molecule has 1 aliphatic rings. The van der Waals surface area contributed by atoms with Gasteiger partial charge in [-0.2, -0.15) is 0 Å². The van der Waals surface area contributed by atoms with Crippen LogP contribution in [0.2, 0.25) is 5.02 Å². The standard InChI is InChI=1S/C18H18ClN3O3/c19-16-2-1-3-17(22(24)25)15(16)12-13-4-6-14(7-5-13)18(23)21-10-8-20-9-11-21/h1-7,20H,8-12H2. The first-order valence-electron chi connectivity index (χ1n) is 8.07. The molecule has 1 heterocycles. The number of carbonyl (C=O) groups excluding carboxylic acids is 1. The van der Waals surface area contributed by atoms with Crippen molar-refractivity contribution in [3.05, 3.63) is 74.3 Å². The van der Waals surface area contributed by atoms with Crippen molar-refractivity contribution in [1.82, 2.24) is 10.2 Å². The molecule has 0 radical (unpaired) electrons. The van der Waals surface area contributed by atoms with Crippen LogP contribution in [-0.4, -0.2) is 41.9 Å². The number of nitro benzene ring substituents is 1. The molecular formula is C18H18ClN3O3. The van der Waals surface area contributed by atoms with Crippen LogP contribution in [0.15, 0.2) is 42.5 Å². The lowest BCUT2D eigenvalue weighted by molar-refractivity contribution is -0.385. The van der Waals surface area contributed by atoms with Crippen molar-refractivity contribution < 1.29 is 9.72 Å². The van der Waals surface area contributed by atoms with Gasteiger partial charge in [-0.3, -0.25) is 14.9 Å². The zero-order valence-corrected chi connectivity index (χ0v) is 14.3. The minimum atomic E-state index is -0.427. The molecule has 25 heavy (non-hydrogen) atoms. The summed E-state index contributed by atoms with van der Waals surface area (Å²) in [6, 6.07) is 11.8. The van der Waals surface area contributed by atoms with Gasteiger partial charge in [0.15, 0.2) is 0 Å². The van der Waals surface area contributed by atoms with Gasteiger partial charge in [-0.15, -0.1) is 0 Å². The Labute approximate surface area is 150 Å². The molecular weight excluding hydrogens is 342 g/mol. The third-order valence-corrected chi connectivity index (χ3v) is 4.63. The van der Waals surface area contributed by atoms with Crippen molar-refractivity contribution in [1.29, 1.82) is 0 Å². The van der Waals surface area contributed by atoms with Crippen molar-refractivity contribution in [2.75, 3.05) is 26.2 Å². The fraction of sp³-hybridized carbons (Fsp3) is 0.278. The van der Waals surface area contributed by atoms with Gasteiger partial charge >= 0.3 is 0 Å². The van der Waals surface area contributed by atoms with Gasteiger partial charge in [-0.1, -0.05) is 29.8 Å². The number of rotatable bonds is 4. The molecule has 1 amide bonds. The lowest BCUT2D eigenvalue weighted by atomic mass is 10.0. The summed E-state index contributed by atoms with van der Waals surface area (Å²) in [4.78, 5) is 25.0. The van der Waals surface area contributed by atoms with E-state index in [2.05, 4.69) is 5.32 Å². The zero-order valence-electron chi connectivity index (χ0n) is 13.6. The Morgan fingerprint density at radius 1 is 1.16 bits per heavy atom. The van der Waals surface area contributed by atoms with Gasteiger partial charge in [0.25, 0.3) is 11.6 Å². The Morgan fingerprint density at radius 3 is 2.48 bits per heavy atom. The molecule has 0 aliphatic carbocycles. The summed E-state index contributed by atoms with van der Waals surface area (Å²) >= 11 is 6.14. The molecule has 2 aromatic carbocycles. The summed E-state index contributed by atoms with van der Waals surface area (Å²) < 4.78 is 0. The monoisotopic (exact) mass is 359 g/mol. The van der Waals surface area contributed by atoms with Crippen LogP contribution >= 0.6 is 11.6 Å². The smallest absolute Gasteiger partial charge is 0.274 e. The Hall–Kier alpha value is -2.44. The summed E-state index contributed by atoms with van der Waals surface area (Å²) in [5.74, 6) is 0.0109. The molecule has 0 atom stereocenters. The highest BCUT2D eigenvalue weighted by molar-refractivity contribution is 6.31. The summed E-state index contributed by atoms with van der Waals surface area (Å²) in [7, 11) is 0. The fourth-order valence-electron chi connectivity index (χ4n) is 2.91. The summed E-state index contributed by atoms with van der Waals surface area (Å²) in [6.07, 6.45) is 0.345. The van der Waals surface area contributed by atoms with E-state index in [-0.39, 0.29) is 11.6 Å². The molecule has 0 aromatic heterocycles. The number of piperazine rings is 1. The molecule has 0 unspecified atom stereocenters. The number of nitrogens with zero attached hydrogens (tertiary/aromatic N) is 2. The van der Waals surface area contributed by atoms with Gasteiger partial charge in [-0.25, -0.2) is 0 Å². The lowest BCUT2D eigenvalue weighted by Crippen LogP contribution is -2.46. The number of nitro groups is 1. The van der Waals surface area contributed by atoms with E-state index in [0.717, 1.165) is 18.7 Å². The second kappa shape index (κ2) is 7.63. The van der Waals surface area contributed by atoms with E-state index in [0.29, 0.717) is 35.7 Å². The normalized spacial score (nSPS) is 14.4. The van der Waals surface area contributed by atoms with E-state index in [9.17, 15) is 14.9 Å². The van der Waals surface area contributed by atoms with Crippen LogP contribution in [0.3, 0.4) is 0 Å². The number of amides is 1. The Balaban J connectivity index is 1.77. The molecule has 6 nitrogen and oxygen atoms in total. The van der Waals surface area contributed by atoms with Crippen LogP contribution in [0.5, 0.6) is 0 Å². The maximum atomic E-state index is 12.5. The van der Waals surface area contributed by atoms with Crippen LogP contribution in [0, 0.1) is 10.1 Å². The quantitative estimate of drug-likeness (QED) is 0.672. The number of nitrogens with one attached hydrogen (secondary N) is 1. The van der Waals surface area contributed by atoms with Gasteiger partial charge < -0.3 is 10.2 Å². The van der Waals surface area contributed by atoms with E-state index in [1.165, 1.54) is 6.07 Å². The summed E-state index contributed by atoms with van der Waals surface area (Å²) in [5, 5.41) is 14.8. The SMILES string of the molecule is O=C(c1ccc(Cc2c(Cl)cccc2[N+](=O)[O-])cc1)N1CCNCC1. The maximum Gasteiger partial charge on any atom is 0.274 e. The van der Waals surface area contributed by atoms with Gasteiger partial charge in [0.1, 0.15) is 0 Å². The first-order valence-corrected chi connectivity index (χ1v) is 8.45. The van der Waals surface area contributed by atoms with Gasteiger partial charge in [0.2, 0.25) is 0 Å². The Bertz CT molecular complexity index is 787. The maximum absolute atomic E-state index is 12.5. The molecule has 1 aliphatic heterocycles. The average molecular weight is 360 g/mol. The van der Waals surface area contributed by atoms with Crippen LogP contribution in [0.25, 0.3) is 0 Å². The zero-order chi connectivity index (χ0) is 17.8. The molecule has 0 bridgehead atoms. The molecule has 1 N–H and O–H groups in total. The molecule has 1 saturated heterocycles. The molecule has 0 saturated carbocycles. The summed E-state index contributed by atoms with van der Waals surface area (Å²) in [5.41, 5.74) is 1.98. The third kappa shape index (κ3) is 3.97. The van der Waals surface area contributed by atoms with Crippen LogP contribution in [-0.2, 0) is 6.42 Å². The van der Waals surface area contributed by atoms with Crippen molar-refractivity contribution in [3.8, 4) is 0 Å². The largest absolute Gasteiger partial charge is 0.336 e. The minimum Gasteiger partial charge on any atom is -0.336 e. The number of benzene rings is 2. The third-order valence-electron chi connectivity index (χ3n) is 4.28. The highest BCUT2D eigenvalue weighted by atomic mass is 35.5. The van der Waals surface area contributed by atoms with E-state index in [1.807, 2.05) is 17.0 Å². The van der Waals surface area contributed by atoms with Crippen molar-refractivity contribution in [2.24, 2.45) is 0 Å². The van der Waals surface area contributed by atoms with E-state index in [4.69, 9.17) is 11.6 Å². The number of hydrogen-bond acceptors (Lipinski definition) is 4. The van der Waals surface area contributed by atoms with E-state index in [1.54, 1.807) is 24.3 Å². The molecule has 7 heteroatoms. The second-order valence-corrected chi connectivity index (χ2v) is 6.32. The molecule has 130 valence electrons. The fourth-order valence-corrected chi connectivity index (χ4v) is 3.15. The molecule has 3 rings (SSSR count). The van der Waals surface area contributed by atoms with E-state index < -0.39 is 4.92 Å². The number of hydrogen-bond donors (Lipinski definition) is 1. The van der Waals surface area contributed by atoms with Crippen molar-refractivity contribution >= 4 is 23.2 Å². The van der Waals surface area contributed by atoms with Gasteiger partial charge in [0.05, 0.1) is 15.5 Å². The van der Waals surface area contributed by atoms with E-state index >= 15 is 0 Å². The Kier molecular flexibility index (Phi) is 5.31. The van der Waals surface area contributed by atoms with Gasteiger partial charge in [0, 0.05) is 44.2 Å². The topological polar surface area (TPSA) is 75.5 Å². The number of carbonyl (C=O) groups is 1. The highest BCUT2D eigenvalue weighted by Crippen LogP contribution is 2.28. The molecule has 0 spiro atoms. The lowest BCUT2D eigenvalue weighted by Gasteiger charge is -2.27. The summed E-state index contributed by atoms with van der Waals surface area (Å²) in [6.45, 7) is 3.01. The first-order chi connectivity index (χ1) is 12.1. The number of halogens is 1. The van der Waals surface area contributed by atoms with Gasteiger partial charge in [-0.05, 0) is 23.8 Å². The van der Waals surface area contributed by atoms with Crippen molar-refractivity contribution in [2.45, 2.75) is 6.42 Å².